The average molecular weight is 492 g/mol. The highest BCUT2D eigenvalue weighted by atomic mass is 16.5. The van der Waals surface area contributed by atoms with Crippen molar-refractivity contribution in [2.45, 2.75) is 39.0 Å². The lowest BCUT2D eigenvalue weighted by molar-refractivity contribution is -0.133. The number of carbonyl (C=O) groups excluding carboxylic acids is 2. The van der Waals surface area contributed by atoms with Crippen LogP contribution in [0.2, 0.25) is 0 Å². The Balaban J connectivity index is 1.51. The van der Waals surface area contributed by atoms with Gasteiger partial charge in [-0.25, -0.2) is 4.79 Å². The van der Waals surface area contributed by atoms with E-state index in [1.54, 1.807) is 29.4 Å². The van der Waals surface area contributed by atoms with Gasteiger partial charge in [0.2, 0.25) is 5.91 Å². The van der Waals surface area contributed by atoms with Crippen LogP contribution in [-0.4, -0.2) is 54.1 Å². The predicted molar refractivity (Wildman–Crippen MR) is 137 cm³/mol. The van der Waals surface area contributed by atoms with Gasteiger partial charge in [-0.15, -0.1) is 0 Å². The Bertz CT molecular complexity index is 1100. The van der Waals surface area contributed by atoms with Gasteiger partial charge in [0.25, 0.3) is 0 Å². The highest BCUT2D eigenvalue weighted by molar-refractivity contribution is 5.93. The summed E-state index contributed by atoms with van der Waals surface area (Å²) in [7, 11) is 0. The summed E-state index contributed by atoms with van der Waals surface area (Å²) >= 11 is 0. The standard InChI is InChI=1S/C28H33N3O5/c1-2-34-26-15-7-6-14-25(26)29-28(33)31(20-24-13-9-17-36-24)21-27(32)30(19-23-12-8-16-35-23)18-22-10-4-3-5-11-22/h3-8,10-12,14-16,24H,2,9,13,17-21H2,1H3,(H,29,33). The van der Waals surface area contributed by atoms with Gasteiger partial charge in [-0.3, -0.25) is 4.79 Å². The normalized spacial score (nSPS) is 14.9. The second-order valence-corrected chi connectivity index (χ2v) is 8.69. The summed E-state index contributed by atoms with van der Waals surface area (Å²) in [5.41, 5.74) is 1.56. The number of urea groups is 1. The van der Waals surface area contributed by atoms with Gasteiger partial charge >= 0.3 is 6.03 Å². The molecule has 1 saturated heterocycles. The van der Waals surface area contributed by atoms with Crippen LogP contribution >= 0.6 is 0 Å². The summed E-state index contributed by atoms with van der Waals surface area (Å²) in [6, 6.07) is 20.3. The Hall–Kier alpha value is -3.78. The summed E-state index contributed by atoms with van der Waals surface area (Å²) < 4.78 is 16.9. The van der Waals surface area contributed by atoms with Gasteiger partial charge in [0, 0.05) is 19.7 Å². The van der Waals surface area contributed by atoms with Crippen molar-refractivity contribution in [2.75, 3.05) is 31.6 Å². The third kappa shape index (κ3) is 7.11. The van der Waals surface area contributed by atoms with Crippen molar-refractivity contribution >= 4 is 17.6 Å². The number of hydrogen-bond donors (Lipinski definition) is 1. The zero-order chi connectivity index (χ0) is 25.2. The number of nitrogens with one attached hydrogen (secondary N) is 1. The lowest BCUT2D eigenvalue weighted by Crippen LogP contribution is -2.46. The summed E-state index contributed by atoms with van der Waals surface area (Å²) in [6.07, 6.45) is 3.29. The fourth-order valence-corrected chi connectivity index (χ4v) is 4.19. The molecular weight excluding hydrogens is 458 g/mol. The van der Waals surface area contributed by atoms with Crippen molar-refractivity contribution in [1.82, 2.24) is 9.80 Å². The van der Waals surface area contributed by atoms with Crippen molar-refractivity contribution in [2.24, 2.45) is 0 Å². The van der Waals surface area contributed by atoms with Crippen LogP contribution in [0.1, 0.15) is 31.1 Å². The van der Waals surface area contributed by atoms with Crippen LogP contribution in [0, 0.1) is 0 Å². The first-order valence-electron chi connectivity index (χ1n) is 12.4. The number of rotatable bonds is 11. The Morgan fingerprint density at radius 3 is 2.53 bits per heavy atom. The summed E-state index contributed by atoms with van der Waals surface area (Å²) in [6.45, 7) is 3.99. The molecule has 1 aliphatic rings. The molecule has 1 aliphatic heterocycles. The molecule has 2 heterocycles. The third-order valence-electron chi connectivity index (χ3n) is 5.99. The van der Waals surface area contributed by atoms with Gasteiger partial charge in [0.15, 0.2) is 0 Å². The quantitative estimate of drug-likeness (QED) is 0.412. The van der Waals surface area contributed by atoms with Crippen LogP contribution in [0.25, 0.3) is 0 Å². The van der Waals surface area contributed by atoms with E-state index in [0.29, 0.717) is 50.0 Å². The number of anilines is 1. The van der Waals surface area contributed by atoms with E-state index in [1.165, 1.54) is 4.90 Å². The smallest absolute Gasteiger partial charge is 0.322 e. The van der Waals surface area contributed by atoms with E-state index >= 15 is 0 Å². The van der Waals surface area contributed by atoms with Crippen LogP contribution in [0.4, 0.5) is 10.5 Å². The zero-order valence-corrected chi connectivity index (χ0v) is 20.6. The Labute approximate surface area is 211 Å². The molecule has 0 radical (unpaired) electrons. The molecule has 0 bridgehead atoms. The second-order valence-electron chi connectivity index (χ2n) is 8.69. The highest BCUT2D eigenvalue weighted by Gasteiger charge is 2.27. The molecule has 3 aromatic rings. The molecule has 8 nitrogen and oxygen atoms in total. The largest absolute Gasteiger partial charge is 0.492 e. The number of nitrogens with zero attached hydrogens (tertiary/aromatic N) is 2. The molecule has 1 atom stereocenters. The SMILES string of the molecule is CCOc1ccccc1NC(=O)N(CC(=O)N(Cc1ccccc1)Cc1ccco1)CC1CCCO1. The fraction of sp³-hybridized carbons (Fsp3) is 0.357. The van der Waals surface area contributed by atoms with Crippen LogP contribution in [0.5, 0.6) is 5.75 Å². The van der Waals surface area contributed by atoms with E-state index in [0.717, 1.165) is 18.4 Å². The van der Waals surface area contributed by atoms with E-state index < -0.39 is 0 Å². The van der Waals surface area contributed by atoms with E-state index in [-0.39, 0.29) is 24.6 Å². The molecular formula is C28H33N3O5. The molecule has 0 aliphatic carbocycles. The maximum Gasteiger partial charge on any atom is 0.322 e. The van der Waals surface area contributed by atoms with Gasteiger partial charge in [-0.05, 0) is 49.6 Å². The topological polar surface area (TPSA) is 84.3 Å². The monoisotopic (exact) mass is 491 g/mol. The molecule has 190 valence electrons. The minimum atomic E-state index is -0.372. The number of ether oxygens (including phenoxy) is 2. The van der Waals surface area contributed by atoms with Gasteiger partial charge in [0.05, 0.1) is 31.2 Å². The molecule has 1 fully saturated rings. The first-order chi connectivity index (χ1) is 17.6. The molecule has 0 saturated carbocycles. The third-order valence-corrected chi connectivity index (χ3v) is 5.99. The van der Waals surface area contributed by atoms with Crippen molar-refractivity contribution in [1.29, 1.82) is 0 Å². The van der Waals surface area contributed by atoms with Gasteiger partial charge in [0.1, 0.15) is 18.1 Å². The van der Waals surface area contributed by atoms with Gasteiger partial charge in [-0.2, -0.15) is 0 Å². The number of benzene rings is 2. The Morgan fingerprint density at radius 2 is 1.81 bits per heavy atom. The van der Waals surface area contributed by atoms with Gasteiger partial charge in [-0.1, -0.05) is 42.5 Å². The van der Waals surface area contributed by atoms with Crippen molar-refractivity contribution in [3.05, 3.63) is 84.3 Å². The van der Waals surface area contributed by atoms with E-state index in [2.05, 4.69) is 5.32 Å². The molecule has 8 heteroatoms. The molecule has 2 aromatic carbocycles. The second kappa shape index (κ2) is 12.8. The van der Waals surface area contributed by atoms with Crippen molar-refractivity contribution < 1.29 is 23.5 Å². The van der Waals surface area contributed by atoms with Gasteiger partial charge < -0.3 is 29.0 Å². The van der Waals surface area contributed by atoms with Crippen LogP contribution in [0.3, 0.4) is 0 Å². The first kappa shape index (κ1) is 25.3. The minimum Gasteiger partial charge on any atom is -0.492 e. The van der Waals surface area contributed by atoms with Crippen LogP contribution < -0.4 is 10.1 Å². The number of para-hydroxylation sites is 2. The maximum absolute atomic E-state index is 13.6. The lowest BCUT2D eigenvalue weighted by Gasteiger charge is -2.29. The molecule has 36 heavy (non-hydrogen) atoms. The van der Waals surface area contributed by atoms with Crippen molar-refractivity contribution in [3.63, 3.8) is 0 Å². The highest BCUT2D eigenvalue weighted by Crippen LogP contribution is 2.24. The number of hydrogen-bond acceptors (Lipinski definition) is 5. The predicted octanol–water partition coefficient (Wildman–Crippen LogP) is 4.92. The Kier molecular flexibility index (Phi) is 8.99. The van der Waals surface area contributed by atoms with Crippen LogP contribution in [-0.2, 0) is 22.6 Å². The first-order valence-corrected chi connectivity index (χ1v) is 12.4. The number of carbonyl (C=O) groups is 2. The summed E-state index contributed by atoms with van der Waals surface area (Å²) in [4.78, 5) is 30.2. The Morgan fingerprint density at radius 1 is 1.00 bits per heavy atom. The number of furan rings is 1. The fourth-order valence-electron chi connectivity index (χ4n) is 4.19. The number of amides is 3. The minimum absolute atomic E-state index is 0.0873. The lowest BCUT2D eigenvalue weighted by atomic mass is 10.2. The zero-order valence-electron chi connectivity index (χ0n) is 20.6. The van der Waals surface area contributed by atoms with Crippen molar-refractivity contribution in [3.8, 4) is 5.75 Å². The molecule has 1 N–H and O–H groups in total. The summed E-state index contributed by atoms with van der Waals surface area (Å²) in [5.74, 6) is 1.09. The molecule has 4 rings (SSSR count). The van der Waals surface area contributed by atoms with E-state index in [1.807, 2.05) is 55.5 Å². The molecule has 1 aromatic heterocycles. The molecule has 3 amide bonds. The molecule has 1 unspecified atom stereocenters. The van der Waals surface area contributed by atoms with E-state index in [9.17, 15) is 9.59 Å². The van der Waals surface area contributed by atoms with Crippen LogP contribution in [0.15, 0.2) is 77.4 Å². The maximum atomic E-state index is 13.6. The average Bonchev–Trinajstić information content (AvgIpc) is 3.60. The summed E-state index contributed by atoms with van der Waals surface area (Å²) in [5, 5.41) is 2.93. The molecule has 0 spiro atoms. The van der Waals surface area contributed by atoms with E-state index in [4.69, 9.17) is 13.9 Å².